The molecule has 0 amide bonds. The van der Waals surface area contributed by atoms with Gasteiger partial charge in [-0.2, -0.15) is 0 Å². The van der Waals surface area contributed by atoms with Gasteiger partial charge in [0.05, 0.1) is 20.3 Å². The van der Waals surface area contributed by atoms with Crippen molar-refractivity contribution in [2.75, 3.05) is 20.3 Å². The van der Waals surface area contributed by atoms with Gasteiger partial charge in [0, 0.05) is 12.3 Å². The van der Waals surface area contributed by atoms with Crippen molar-refractivity contribution in [1.29, 1.82) is 0 Å². The van der Waals surface area contributed by atoms with Crippen LogP contribution in [0.1, 0.15) is 26.2 Å². The summed E-state index contributed by atoms with van der Waals surface area (Å²) in [5.74, 6) is -0.410. The molecule has 5 heteroatoms. The smallest absolute Gasteiger partial charge is 0.313 e. The van der Waals surface area contributed by atoms with Gasteiger partial charge in [-0.25, -0.2) is 0 Å². The van der Waals surface area contributed by atoms with Crippen LogP contribution in [0.5, 0.6) is 0 Å². The minimum Gasteiger partial charge on any atom is -0.469 e. The molecule has 1 heterocycles. The predicted octanol–water partition coefficient (Wildman–Crippen LogP) is 0.908. The molecule has 92 valence electrons. The molecule has 0 spiro atoms. The third-order valence-electron chi connectivity index (χ3n) is 2.56. The zero-order chi connectivity index (χ0) is 12.0. The fourth-order valence-corrected chi connectivity index (χ4v) is 1.55. The van der Waals surface area contributed by atoms with E-state index < -0.39 is 5.97 Å². The van der Waals surface area contributed by atoms with E-state index >= 15 is 0 Å². The molecule has 1 aliphatic rings. The number of hydrogen-bond donors (Lipinski definition) is 0. The highest BCUT2D eigenvalue weighted by atomic mass is 16.7. The summed E-state index contributed by atoms with van der Waals surface area (Å²) in [6, 6.07) is 0. The first-order chi connectivity index (χ1) is 7.63. The van der Waals surface area contributed by atoms with Crippen molar-refractivity contribution in [3.8, 4) is 0 Å². The van der Waals surface area contributed by atoms with Crippen LogP contribution in [0.4, 0.5) is 0 Å². The van der Waals surface area contributed by atoms with Crippen LogP contribution in [0.2, 0.25) is 0 Å². The minimum absolute atomic E-state index is 0.100. The van der Waals surface area contributed by atoms with Crippen molar-refractivity contribution in [3.05, 3.63) is 0 Å². The molecule has 1 atom stereocenters. The molecule has 0 radical (unpaired) electrons. The van der Waals surface area contributed by atoms with E-state index in [1.807, 2.05) is 6.92 Å². The maximum Gasteiger partial charge on any atom is 0.313 e. The maximum absolute atomic E-state index is 11.3. The zero-order valence-corrected chi connectivity index (χ0v) is 9.73. The first-order valence-electron chi connectivity index (χ1n) is 5.45. The lowest BCUT2D eigenvalue weighted by atomic mass is 10.0. The van der Waals surface area contributed by atoms with Gasteiger partial charge in [0.25, 0.3) is 0 Å². The summed E-state index contributed by atoms with van der Waals surface area (Å²) in [6.45, 7) is 3.21. The molecule has 0 saturated carbocycles. The van der Waals surface area contributed by atoms with Crippen molar-refractivity contribution >= 4 is 11.8 Å². The van der Waals surface area contributed by atoms with Crippen LogP contribution in [0.3, 0.4) is 0 Å². The van der Waals surface area contributed by atoms with Crippen LogP contribution < -0.4 is 0 Å². The number of hydrogen-bond acceptors (Lipinski definition) is 5. The van der Waals surface area contributed by atoms with Crippen molar-refractivity contribution in [3.63, 3.8) is 0 Å². The average molecular weight is 230 g/mol. The Morgan fingerprint density at radius 1 is 1.38 bits per heavy atom. The van der Waals surface area contributed by atoms with E-state index in [0.717, 1.165) is 0 Å². The van der Waals surface area contributed by atoms with Gasteiger partial charge in [-0.1, -0.05) is 6.92 Å². The Labute approximate surface area is 95.0 Å². The van der Waals surface area contributed by atoms with Gasteiger partial charge >= 0.3 is 5.97 Å². The fourth-order valence-electron chi connectivity index (χ4n) is 1.55. The maximum atomic E-state index is 11.3. The van der Waals surface area contributed by atoms with Crippen LogP contribution in [0, 0.1) is 5.92 Å². The minimum atomic E-state index is -0.481. The molecule has 1 rings (SSSR count). The van der Waals surface area contributed by atoms with Crippen molar-refractivity contribution in [2.45, 2.75) is 32.5 Å². The van der Waals surface area contributed by atoms with E-state index in [1.165, 1.54) is 7.11 Å². The molecule has 1 saturated heterocycles. The second-order valence-electron chi connectivity index (χ2n) is 3.92. The Morgan fingerprint density at radius 3 is 2.56 bits per heavy atom. The number of rotatable bonds is 6. The SMILES string of the molecule is COC(=O)CC(=O)CCC(C)C1OCCO1. The third kappa shape index (κ3) is 4.28. The largest absolute Gasteiger partial charge is 0.469 e. The van der Waals surface area contributed by atoms with Gasteiger partial charge < -0.3 is 14.2 Å². The van der Waals surface area contributed by atoms with Crippen LogP contribution in [0.15, 0.2) is 0 Å². The summed E-state index contributed by atoms with van der Waals surface area (Å²) in [7, 11) is 1.28. The molecule has 0 aliphatic carbocycles. The molecule has 0 aromatic heterocycles. The van der Waals surface area contributed by atoms with E-state index in [2.05, 4.69) is 4.74 Å². The van der Waals surface area contributed by atoms with Crippen molar-refractivity contribution in [1.82, 2.24) is 0 Å². The topological polar surface area (TPSA) is 61.8 Å². The van der Waals surface area contributed by atoms with E-state index in [-0.39, 0.29) is 24.4 Å². The first-order valence-corrected chi connectivity index (χ1v) is 5.45. The van der Waals surface area contributed by atoms with Gasteiger partial charge in [0.2, 0.25) is 0 Å². The second-order valence-corrected chi connectivity index (χ2v) is 3.92. The first kappa shape index (κ1) is 13.1. The van der Waals surface area contributed by atoms with Crippen LogP contribution >= 0.6 is 0 Å². The van der Waals surface area contributed by atoms with E-state index in [4.69, 9.17) is 9.47 Å². The van der Waals surface area contributed by atoms with E-state index in [0.29, 0.717) is 26.1 Å². The molecule has 1 fully saturated rings. The summed E-state index contributed by atoms with van der Waals surface area (Å²) in [6.07, 6.45) is 0.682. The van der Waals surface area contributed by atoms with Crippen LogP contribution in [0.25, 0.3) is 0 Å². The molecule has 1 aliphatic heterocycles. The lowest BCUT2D eigenvalue weighted by molar-refractivity contribution is -0.143. The van der Waals surface area contributed by atoms with Crippen molar-refractivity contribution in [2.24, 2.45) is 5.92 Å². The molecular formula is C11H18O5. The summed E-state index contributed by atoms with van der Waals surface area (Å²) in [4.78, 5) is 22.2. The number of Topliss-reactive ketones (excluding diaryl/α,β-unsaturated/α-hetero) is 1. The molecule has 0 N–H and O–H groups in total. The predicted molar refractivity (Wildman–Crippen MR) is 55.7 cm³/mol. The van der Waals surface area contributed by atoms with Gasteiger partial charge in [-0.15, -0.1) is 0 Å². The second kappa shape index (κ2) is 6.60. The van der Waals surface area contributed by atoms with Gasteiger partial charge in [-0.05, 0) is 6.42 Å². The quantitative estimate of drug-likeness (QED) is 0.501. The van der Waals surface area contributed by atoms with Gasteiger partial charge in [0.15, 0.2) is 6.29 Å². The number of carbonyl (C=O) groups is 2. The van der Waals surface area contributed by atoms with E-state index in [9.17, 15) is 9.59 Å². The third-order valence-corrected chi connectivity index (χ3v) is 2.56. The van der Waals surface area contributed by atoms with E-state index in [1.54, 1.807) is 0 Å². The molecule has 16 heavy (non-hydrogen) atoms. The molecule has 0 bridgehead atoms. The molecule has 5 nitrogen and oxygen atoms in total. The molecule has 0 aromatic carbocycles. The Balaban J connectivity index is 2.17. The summed E-state index contributed by atoms with van der Waals surface area (Å²) >= 11 is 0. The Bertz CT molecular complexity index is 245. The number of carbonyl (C=O) groups excluding carboxylic acids is 2. The summed E-state index contributed by atoms with van der Waals surface area (Å²) < 4.78 is 15.1. The van der Waals surface area contributed by atoms with Crippen LogP contribution in [-0.4, -0.2) is 38.4 Å². The molecular weight excluding hydrogens is 212 g/mol. The number of ketones is 1. The fraction of sp³-hybridized carbons (Fsp3) is 0.818. The Hall–Kier alpha value is -0.940. The van der Waals surface area contributed by atoms with Crippen molar-refractivity contribution < 1.29 is 23.8 Å². The van der Waals surface area contributed by atoms with Gasteiger partial charge in [0.1, 0.15) is 12.2 Å². The molecule has 0 aromatic rings. The monoisotopic (exact) mass is 230 g/mol. The number of ether oxygens (including phenoxy) is 3. The normalized spacial score (nSPS) is 18.4. The highest BCUT2D eigenvalue weighted by Crippen LogP contribution is 2.19. The lowest BCUT2D eigenvalue weighted by Gasteiger charge is -2.16. The summed E-state index contributed by atoms with van der Waals surface area (Å²) in [5.41, 5.74) is 0. The van der Waals surface area contributed by atoms with Crippen LogP contribution in [-0.2, 0) is 23.8 Å². The zero-order valence-electron chi connectivity index (χ0n) is 9.73. The average Bonchev–Trinajstić information content (AvgIpc) is 2.79. The Kier molecular flexibility index (Phi) is 5.42. The summed E-state index contributed by atoms with van der Waals surface area (Å²) in [5, 5.41) is 0. The van der Waals surface area contributed by atoms with Gasteiger partial charge in [-0.3, -0.25) is 9.59 Å². The lowest BCUT2D eigenvalue weighted by Crippen LogP contribution is -2.20. The standard InChI is InChI=1S/C11H18O5/c1-8(11-15-5-6-16-11)3-4-9(12)7-10(13)14-2/h8,11H,3-7H2,1-2H3. The molecule has 1 unspecified atom stereocenters. The highest BCUT2D eigenvalue weighted by molar-refractivity contribution is 5.95. The number of methoxy groups -OCH3 is 1. The highest BCUT2D eigenvalue weighted by Gasteiger charge is 2.23. The number of esters is 1. The Morgan fingerprint density at radius 2 is 2.00 bits per heavy atom.